The molecule has 1 aliphatic heterocycles. The summed E-state index contributed by atoms with van der Waals surface area (Å²) in [6, 6.07) is 5.67. The summed E-state index contributed by atoms with van der Waals surface area (Å²) in [5, 5.41) is 12.7. The zero-order valence-corrected chi connectivity index (χ0v) is 18.9. The summed E-state index contributed by atoms with van der Waals surface area (Å²) in [4.78, 5) is 11.2. The Bertz CT molecular complexity index is 870. The van der Waals surface area contributed by atoms with E-state index in [1.807, 2.05) is 23.0 Å². The summed E-state index contributed by atoms with van der Waals surface area (Å²) in [6.45, 7) is 10.5. The second kappa shape index (κ2) is 9.12. The van der Waals surface area contributed by atoms with E-state index in [0.717, 1.165) is 42.3 Å². The third kappa shape index (κ3) is 4.77. The van der Waals surface area contributed by atoms with E-state index >= 15 is 0 Å². The van der Waals surface area contributed by atoms with Crippen molar-refractivity contribution in [2.45, 2.75) is 57.6 Å². The summed E-state index contributed by atoms with van der Waals surface area (Å²) in [5.41, 5.74) is 0.867. The van der Waals surface area contributed by atoms with Gasteiger partial charge in [0, 0.05) is 27.1 Å². The highest BCUT2D eigenvalue weighted by Crippen LogP contribution is 2.38. The number of hydrogen-bond acceptors (Lipinski definition) is 6. The Balaban J connectivity index is 1.79. The van der Waals surface area contributed by atoms with Crippen LogP contribution in [0.5, 0.6) is 0 Å². The first kappa shape index (κ1) is 20.9. The topological polar surface area (TPSA) is 67.0 Å². The largest absolute Gasteiger partial charge is 0.361 e. The highest BCUT2D eigenvalue weighted by Gasteiger charge is 2.31. The number of rotatable bonds is 9. The molecule has 0 radical (unpaired) electrons. The van der Waals surface area contributed by atoms with Crippen LogP contribution in [0.15, 0.2) is 30.2 Å². The predicted octanol–water partition coefficient (Wildman–Crippen LogP) is 5.03. The van der Waals surface area contributed by atoms with Gasteiger partial charge in [-0.2, -0.15) is 5.26 Å². The van der Waals surface area contributed by atoms with Crippen molar-refractivity contribution < 1.29 is 4.74 Å². The Hall–Kier alpha value is -1.82. The van der Waals surface area contributed by atoms with Gasteiger partial charge in [0.25, 0.3) is 0 Å². The molecule has 0 N–H and O–H groups in total. The fourth-order valence-electron chi connectivity index (χ4n) is 3.23. The molecular weight excluding hydrogens is 386 g/mol. The molecule has 0 spiro atoms. The minimum atomic E-state index is -1.09. The van der Waals surface area contributed by atoms with Crippen LogP contribution in [0.1, 0.15) is 19.8 Å². The summed E-state index contributed by atoms with van der Waals surface area (Å²) in [5.74, 6) is 0.815. The number of anilines is 1. The van der Waals surface area contributed by atoms with Gasteiger partial charge in [-0.15, -0.1) is 11.8 Å². The van der Waals surface area contributed by atoms with E-state index in [4.69, 9.17) is 4.74 Å². The molecule has 8 heteroatoms. The zero-order chi connectivity index (χ0) is 20.1. The summed E-state index contributed by atoms with van der Waals surface area (Å²) in [7, 11) is -1.09. The Morgan fingerprint density at radius 2 is 2.18 bits per heavy atom. The number of thioether (sulfide) groups is 1. The molecule has 2 atom stereocenters. The summed E-state index contributed by atoms with van der Waals surface area (Å²) < 4.78 is 7.93. The molecule has 3 rings (SSSR count). The van der Waals surface area contributed by atoms with Crippen LogP contribution in [0.4, 0.5) is 5.82 Å². The van der Waals surface area contributed by atoms with Gasteiger partial charge in [0.05, 0.1) is 17.4 Å². The molecule has 0 bridgehead atoms. The first-order chi connectivity index (χ1) is 13.4. The number of nitrogens with zero attached hydrogens (tertiary/aromatic N) is 5. The number of nitriles is 1. The molecule has 28 heavy (non-hydrogen) atoms. The minimum Gasteiger partial charge on any atom is -0.361 e. The van der Waals surface area contributed by atoms with Crippen LogP contribution < -0.4 is 4.90 Å². The van der Waals surface area contributed by atoms with Crippen LogP contribution >= 0.6 is 11.8 Å². The van der Waals surface area contributed by atoms with Crippen molar-refractivity contribution in [3.63, 3.8) is 0 Å². The van der Waals surface area contributed by atoms with Crippen LogP contribution in [0.25, 0.3) is 11.0 Å². The molecule has 3 heterocycles. The van der Waals surface area contributed by atoms with E-state index in [9.17, 15) is 5.26 Å². The lowest BCUT2D eigenvalue weighted by Gasteiger charge is -2.27. The van der Waals surface area contributed by atoms with Crippen LogP contribution in [0.3, 0.4) is 0 Å². The summed E-state index contributed by atoms with van der Waals surface area (Å²) in [6.07, 6.45) is 7.51. The van der Waals surface area contributed by atoms with E-state index in [0.29, 0.717) is 6.73 Å². The lowest BCUT2D eigenvalue weighted by molar-refractivity contribution is 0.0899. The molecule has 0 saturated heterocycles. The molecule has 6 nitrogen and oxygen atoms in total. The number of aromatic nitrogens is 3. The van der Waals surface area contributed by atoms with Crippen molar-refractivity contribution in [3.05, 3.63) is 30.2 Å². The molecule has 0 aliphatic carbocycles. The van der Waals surface area contributed by atoms with Crippen molar-refractivity contribution in [2.75, 3.05) is 11.5 Å². The molecule has 0 amide bonds. The van der Waals surface area contributed by atoms with E-state index in [2.05, 4.69) is 52.9 Å². The van der Waals surface area contributed by atoms with Gasteiger partial charge in [0.1, 0.15) is 29.9 Å². The highest BCUT2D eigenvalue weighted by molar-refractivity contribution is 8.03. The Morgan fingerprint density at radius 1 is 1.36 bits per heavy atom. The average Bonchev–Trinajstić information content (AvgIpc) is 3.29. The van der Waals surface area contributed by atoms with Crippen LogP contribution in [-0.2, 0) is 11.5 Å². The summed E-state index contributed by atoms with van der Waals surface area (Å²) >= 11 is 1.69. The van der Waals surface area contributed by atoms with Crippen molar-refractivity contribution >= 4 is 36.7 Å². The monoisotopic (exact) mass is 415 g/mol. The lowest BCUT2D eigenvalue weighted by Crippen LogP contribution is -2.31. The van der Waals surface area contributed by atoms with Gasteiger partial charge in [-0.3, -0.25) is 0 Å². The molecule has 150 valence electrons. The zero-order valence-electron chi connectivity index (χ0n) is 17.1. The van der Waals surface area contributed by atoms with Crippen molar-refractivity contribution in [1.29, 1.82) is 5.26 Å². The Morgan fingerprint density at radius 3 is 2.89 bits per heavy atom. The quantitative estimate of drug-likeness (QED) is 0.422. The smallest absolute Gasteiger partial charge is 0.147 e. The van der Waals surface area contributed by atoms with Crippen molar-refractivity contribution in [3.8, 4) is 6.07 Å². The van der Waals surface area contributed by atoms with E-state index < -0.39 is 8.07 Å². The van der Waals surface area contributed by atoms with Crippen LogP contribution in [0, 0.1) is 17.2 Å². The third-order valence-electron chi connectivity index (χ3n) is 4.83. The van der Waals surface area contributed by atoms with Crippen molar-refractivity contribution in [2.24, 2.45) is 5.92 Å². The minimum absolute atomic E-state index is 0.0398. The van der Waals surface area contributed by atoms with Gasteiger partial charge < -0.3 is 14.2 Å². The average molecular weight is 416 g/mol. The highest BCUT2D eigenvalue weighted by atomic mass is 32.2. The standard InChI is InChI=1S/C20H29N5OSSi/c1-5-6-16(13-21)20-25(9-11-27-20)19-17-7-8-24(18(17)22-14-23-19)15-26-10-12-28(2,3)4/h7-9,11,14,16,20H,5-6,10,12,15H2,1-4H3/t16-,20?/m0/s1. The number of fused-ring (bicyclic) bond motifs is 1. The molecule has 1 unspecified atom stereocenters. The van der Waals surface area contributed by atoms with Gasteiger partial charge in [-0.1, -0.05) is 33.0 Å². The second-order valence-electron chi connectivity index (χ2n) is 8.31. The molecule has 2 aromatic heterocycles. The van der Waals surface area contributed by atoms with Gasteiger partial charge in [0.15, 0.2) is 0 Å². The van der Waals surface area contributed by atoms with Gasteiger partial charge in [0.2, 0.25) is 0 Å². The maximum Gasteiger partial charge on any atom is 0.147 e. The lowest BCUT2D eigenvalue weighted by atomic mass is 10.0. The third-order valence-corrected chi connectivity index (χ3v) is 7.65. The van der Waals surface area contributed by atoms with Gasteiger partial charge >= 0.3 is 0 Å². The Labute approximate surface area is 172 Å². The molecule has 2 aromatic rings. The first-order valence-electron chi connectivity index (χ1n) is 9.82. The SMILES string of the molecule is CCC[C@@H](C#N)C1SC=CN1c1ncnc2c1ccn2COCC[Si](C)(C)C. The fourth-order valence-corrected chi connectivity index (χ4v) is 5.04. The normalized spacial score (nSPS) is 18.0. The molecule has 0 aromatic carbocycles. The van der Waals surface area contributed by atoms with Gasteiger partial charge in [-0.05, 0) is 23.9 Å². The molecule has 0 saturated carbocycles. The van der Waals surface area contributed by atoms with Crippen LogP contribution in [0.2, 0.25) is 25.7 Å². The molecule has 1 aliphatic rings. The van der Waals surface area contributed by atoms with E-state index in [-0.39, 0.29) is 11.3 Å². The molecule has 0 fully saturated rings. The molecular formula is C20H29N5OSSi. The first-order valence-corrected chi connectivity index (χ1v) is 14.5. The number of ether oxygens (including phenoxy) is 1. The fraction of sp³-hybridized carbons (Fsp3) is 0.550. The maximum atomic E-state index is 9.61. The van der Waals surface area contributed by atoms with Crippen LogP contribution in [-0.4, -0.2) is 34.6 Å². The van der Waals surface area contributed by atoms with Gasteiger partial charge in [-0.25, -0.2) is 9.97 Å². The maximum absolute atomic E-state index is 9.61. The van der Waals surface area contributed by atoms with Crippen molar-refractivity contribution in [1.82, 2.24) is 14.5 Å². The Kier molecular flexibility index (Phi) is 6.80. The second-order valence-corrected chi connectivity index (χ2v) is 15.0. The van der Waals surface area contributed by atoms with E-state index in [1.165, 1.54) is 0 Å². The number of hydrogen-bond donors (Lipinski definition) is 0. The predicted molar refractivity (Wildman–Crippen MR) is 119 cm³/mol. The van der Waals surface area contributed by atoms with E-state index in [1.54, 1.807) is 18.1 Å².